The van der Waals surface area contributed by atoms with Crippen LogP contribution < -0.4 is 15.0 Å². The Morgan fingerprint density at radius 2 is 1.50 bits per heavy atom. The molecule has 0 radical (unpaired) electrons. The third-order valence-corrected chi connectivity index (χ3v) is 4.40. The Hall–Kier alpha value is -3.11. The lowest BCUT2D eigenvalue weighted by atomic mass is 10.1. The first kappa shape index (κ1) is 19.6. The fraction of sp³-hybridized carbons (Fsp3) is 0.208. The second-order valence-electron chi connectivity index (χ2n) is 7.13. The van der Waals surface area contributed by atoms with Gasteiger partial charge >= 0.3 is 0 Å². The fourth-order valence-corrected chi connectivity index (χ4v) is 3.03. The summed E-state index contributed by atoms with van der Waals surface area (Å²) in [6.45, 7) is 1.48. The number of quaternary nitrogens is 1. The SMILES string of the molecule is C[NH+](C)Cc1ccc(CNC(=O)COc2ccccc2-c2ccccc2)cc1. The van der Waals surface area contributed by atoms with Gasteiger partial charge in [0.25, 0.3) is 5.91 Å². The highest BCUT2D eigenvalue weighted by Crippen LogP contribution is 2.29. The first-order valence-corrected chi connectivity index (χ1v) is 9.52. The highest BCUT2D eigenvalue weighted by Gasteiger charge is 2.08. The number of carbonyl (C=O) groups is 1. The number of amides is 1. The molecule has 4 heteroatoms. The summed E-state index contributed by atoms with van der Waals surface area (Å²) < 4.78 is 5.79. The molecule has 0 aliphatic heterocycles. The van der Waals surface area contributed by atoms with Crippen LogP contribution in [0.15, 0.2) is 78.9 Å². The van der Waals surface area contributed by atoms with Crippen LogP contribution in [-0.2, 0) is 17.9 Å². The molecule has 28 heavy (non-hydrogen) atoms. The molecule has 0 heterocycles. The molecule has 3 aromatic rings. The second kappa shape index (κ2) is 9.72. The highest BCUT2D eigenvalue weighted by molar-refractivity contribution is 5.78. The van der Waals surface area contributed by atoms with Crippen LogP contribution in [0.3, 0.4) is 0 Å². The van der Waals surface area contributed by atoms with E-state index >= 15 is 0 Å². The van der Waals surface area contributed by atoms with Gasteiger partial charge in [0.15, 0.2) is 6.61 Å². The number of carbonyl (C=O) groups excluding carboxylic acids is 1. The molecule has 0 aliphatic rings. The predicted molar refractivity (Wildman–Crippen MR) is 112 cm³/mol. The van der Waals surface area contributed by atoms with Crippen molar-refractivity contribution < 1.29 is 14.4 Å². The lowest BCUT2D eigenvalue weighted by Gasteiger charge is -2.12. The molecular weight excluding hydrogens is 348 g/mol. The zero-order valence-corrected chi connectivity index (χ0v) is 16.4. The van der Waals surface area contributed by atoms with E-state index in [1.807, 2.05) is 54.6 Å². The van der Waals surface area contributed by atoms with E-state index in [2.05, 4.69) is 43.7 Å². The number of hydrogen-bond acceptors (Lipinski definition) is 2. The highest BCUT2D eigenvalue weighted by atomic mass is 16.5. The summed E-state index contributed by atoms with van der Waals surface area (Å²) in [5.41, 5.74) is 4.42. The summed E-state index contributed by atoms with van der Waals surface area (Å²) in [7, 11) is 4.26. The maximum atomic E-state index is 12.2. The van der Waals surface area contributed by atoms with E-state index in [-0.39, 0.29) is 12.5 Å². The first-order valence-electron chi connectivity index (χ1n) is 9.52. The van der Waals surface area contributed by atoms with Crippen LogP contribution in [0.1, 0.15) is 11.1 Å². The van der Waals surface area contributed by atoms with Crippen LogP contribution >= 0.6 is 0 Å². The normalized spacial score (nSPS) is 10.7. The summed E-state index contributed by atoms with van der Waals surface area (Å²) in [4.78, 5) is 13.6. The summed E-state index contributed by atoms with van der Waals surface area (Å²) in [5, 5.41) is 2.92. The molecule has 0 spiro atoms. The molecule has 144 valence electrons. The van der Waals surface area contributed by atoms with Crippen molar-refractivity contribution >= 4 is 5.91 Å². The number of benzene rings is 3. The zero-order chi connectivity index (χ0) is 19.8. The molecule has 3 rings (SSSR count). The minimum Gasteiger partial charge on any atom is -0.483 e. The minimum atomic E-state index is -0.135. The van der Waals surface area contributed by atoms with Crippen molar-refractivity contribution in [2.45, 2.75) is 13.1 Å². The number of ether oxygens (including phenoxy) is 1. The number of para-hydroxylation sites is 1. The van der Waals surface area contributed by atoms with E-state index in [1.54, 1.807) is 0 Å². The van der Waals surface area contributed by atoms with Crippen LogP contribution in [0, 0.1) is 0 Å². The smallest absolute Gasteiger partial charge is 0.258 e. The van der Waals surface area contributed by atoms with Crippen molar-refractivity contribution in [1.29, 1.82) is 0 Å². The van der Waals surface area contributed by atoms with Crippen LogP contribution in [0.2, 0.25) is 0 Å². The van der Waals surface area contributed by atoms with Gasteiger partial charge in [0.1, 0.15) is 12.3 Å². The van der Waals surface area contributed by atoms with E-state index in [0.29, 0.717) is 12.3 Å². The third-order valence-electron chi connectivity index (χ3n) is 4.40. The maximum Gasteiger partial charge on any atom is 0.258 e. The first-order chi connectivity index (χ1) is 13.6. The zero-order valence-electron chi connectivity index (χ0n) is 16.4. The Kier molecular flexibility index (Phi) is 6.82. The fourth-order valence-electron chi connectivity index (χ4n) is 3.03. The third kappa shape index (κ3) is 5.69. The molecule has 0 unspecified atom stereocenters. The van der Waals surface area contributed by atoms with Gasteiger partial charge in [-0.1, -0.05) is 72.8 Å². The average Bonchev–Trinajstić information content (AvgIpc) is 2.72. The van der Waals surface area contributed by atoms with Crippen LogP contribution in [0.25, 0.3) is 11.1 Å². The molecule has 0 bridgehead atoms. The molecule has 0 fully saturated rings. The van der Waals surface area contributed by atoms with E-state index in [4.69, 9.17) is 4.74 Å². The molecule has 0 aromatic heterocycles. The van der Waals surface area contributed by atoms with Gasteiger partial charge in [-0.25, -0.2) is 0 Å². The van der Waals surface area contributed by atoms with Gasteiger partial charge < -0.3 is 15.0 Å². The maximum absolute atomic E-state index is 12.2. The second-order valence-corrected chi connectivity index (χ2v) is 7.13. The lowest BCUT2D eigenvalue weighted by Crippen LogP contribution is -3.04. The number of rotatable bonds is 8. The summed E-state index contributed by atoms with van der Waals surface area (Å²) >= 11 is 0. The lowest BCUT2D eigenvalue weighted by molar-refractivity contribution is -0.872. The monoisotopic (exact) mass is 375 g/mol. The largest absolute Gasteiger partial charge is 0.483 e. The van der Waals surface area contributed by atoms with Crippen LogP contribution in [-0.4, -0.2) is 26.6 Å². The van der Waals surface area contributed by atoms with Crippen molar-refractivity contribution in [2.24, 2.45) is 0 Å². The van der Waals surface area contributed by atoms with E-state index < -0.39 is 0 Å². The number of nitrogens with one attached hydrogen (secondary N) is 2. The van der Waals surface area contributed by atoms with Gasteiger partial charge in [0, 0.05) is 17.7 Å². The quantitative estimate of drug-likeness (QED) is 0.636. The van der Waals surface area contributed by atoms with Crippen molar-refractivity contribution in [3.8, 4) is 16.9 Å². The van der Waals surface area contributed by atoms with Crippen molar-refractivity contribution in [2.75, 3.05) is 20.7 Å². The van der Waals surface area contributed by atoms with Gasteiger partial charge in [-0.2, -0.15) is 0 Å². The minimum absolute atomic E-state index is 0.00802. The van der Waals surface area contributed by atoms with Gasteiger partial charge in [0.2, 0.25) is 0 Å². The summed E-state index contributed by atoms with van der Waals surface area (Å²) in [5.74, 6) is 0.573. The molecule has 4 nitrogen and oxygen atoms in total. The Balaban J connectivity index is 1.53. The molecule has 0 atom stereocenters. The molecule has 1 amide bonds. The standard InChI is InChI=1S/C24H26N2O2/c1-26(2)17-20-14-12-19(13-15-20)16-25-24(27)18-28-23-11-7-6-10-22(23)21-8-4-3-5-9-21/h3-15H,16-18H2,1-2H3,(H,25,27)/p+1. The Morgan fingerprint density at radius 1 is 0.857 bits per heavy atom. The van der Waals surface area contributed by atoms with Crippen LogP contribution in [0.5, 0.6) is 5.75 Å². The van der Waals surface area contributed by atoms with Gasteiger partial charge in [-0.3, -0.25) is 4.79 Å². The van der Waals surface area contributed by atoms with E-state index in [9.17, 15) is 4.79 Å². The molecule has 3 aromatic carbocycles. The molecule has 0 aliphatic carbocycles. The predicted octanol–water partition coefficient (Wildman–Crippen LogP) is 2.69. The van der Waals surface area contributed by atoms with Crippen LogP contribution in [0.4, 0.5) is 0 Å². The van der Waals surface area contributed by atoms with Gasteiger partial charge in [-0.15, -0.1) is 0 Å². The average molecular weight is 375 g/mol. The Morgan fingerprint density at radius 3 is 2.21 bits per heavy atom. The van der Waals surface area contributed by atoms with Gasteiger partial charge in [-0.05, 0) is 17.2 Å². The van der Waals surface area contributed by atoms with E-state index in [1.165, 1.54) is 10.5 Å². The van der Waals surface area contributed by atoms with Crippen molar-refractivity contribution in [1.82, 2.24) is 5.32 Å². The number of hydrogen-bond donors (Lipinski definition) is 2. The van der Waals surface area contributed by atoms with E-state index in [0.717, 1.165) is 23.2 Å². The van der Waals surface area contributed by atoms with Crippen molar-refractivity contribution in [3.05, 3.63) is 90.0 Å². The summed E-state index contributed by atoms with van der Waals surface area (Å²) in [6, 6.07) is 26.1. The van der Waals surface area contributed by atoms with Gasteiger partial charge in [0.05, 0.1) is 14.1 Å². The summed E-state index contributed by atoms with van der Waals surface area (Å²) in [6.07, 6.45) is 0. The Bertz CT molecular complexity index is 890. The molecular formula is C24H27N2O2+. The topological polar surface area (TPSA) is 42.8 Å². The Labute approximate surface area is 166 Å². The van der Waals surface area contributed by atoms with Crippen molar-refractivity contribution in [3.63, 3.8) is 0 Å². The molecule has 2 N–H and O–H groups in total. The molecule has 0 saturated heterocycles. The molecule has 0 saturated carbocycles.